The number of nitrogens with one attached hydrogen (secondary N) is 1. The monoisotopic (exact) mass is 295 g/mol. The van der Waals surface area contributed by atoms with Crippen molar-refractivity contribution in [2.24, 2.45) is 0 Å². The van der Waals surface area contributed by atoms with E-state index in [1.807, 2.05) is 49.4 Å². The fourth-order valence-electron chi connectivity index (χ4n) is 2.09. The van der Waals surface area contributed by atoms with Gasteiger partial charge in [0, 0.05) is 17.7 Å². The van der Waals surface area contributed by atoms with Crippen LogP contribution in [0.25, 0.3) is 0 Å². The van der Waals surface area contributed by atoms with E-state index in [1.54, 1.807) is 18.2 Å². The first-order valence-electron chi connectivity index (χ1n) is 7.45. The summed E-state index contributed by atoms with van der Waals surface area (Å²) in [5.74, 6) is 0.761. The molecule has 0 aliphatic heterocycles. The molecule has 3 heteroatoms. The lowest BCUT2D eigenvalue weighted by molar-refractivity contribution is 0.103. The fourth-order valence-corrected chi connectivity index (χ4v) is 2.09. The Bertz CT molecular complexity index is 605. The van der Waals surface area contributed by atoms with Crippen molar-refractivity contribution in [2.45, 2.75) is 19.6 Å². The van der Waals surface area contributed by atoms with Gasteiger partial charge < -0.3 is 4.74 Å². The number of hydrogen-bond donors (Lipinski definition) is 1. The van der Waals surface area contributed by atoms with Crippen LogP contribution in [0, 0.1) is 0 Å². The maximum Gasteiger partial charge on any atom is 0.193 e. The molecule has 0 saturated carbocycles. The molecule has 0 saturated heterocycles. The topological polar surface area (TPSA) is 38.3 Å². The van der Waals surface area contributed by atoms with Crippen LogP contribution in [-0.4, -0.2) is 18.6 Å². The normalized spacial score (nSPS) is 11.7. The van der Waals surface area contributed by atoms with Gasteiger partial charge in [-0.15, -0.1) is 6.58 Å². The average molecular weight is 295 g/mol. The van der Waals surface area contributed by atoms with E-state index in [-0.39, 0.29) is 12.0 Å². The van der Waals surface area contributed by atoms with Crippen molar-refractivity contribution >= 4 is 5.78 Å². The van der Waals surface area contributed by atoms with Crippen LogP contribution >= 0.6 is 0 Å². The Hall–Kier alpha value is -2.39. The van der Waals surface area contributed by atoms with Gasteiger partial charge in [-0.3, -0.25) is 10.1 Å². The highest BCUT2D eigenvalue weighted by molar-refractivity contribution is 6.08. The van der Waals surface area contributed by atoms with Gasteiger partial charge in [0.1, 0.15) is 12.0 Å². The smallest absolute Gasteiger partial charge is 0.193 e. The summed E-state index contributed by atoms with van der Waals surface area (Å²) < 4.78 is 5.84. The Kier molecular flexibility index (Phi) is 5.92. The number of hydrogen-bond acceptors (Lipinski definition) is 3. The van der Waals surface area contributed by atoms with Crippen molar-refractivity contribution in [2.75, 3.05) is 6.54 Å². The number of benzene rings is 2. The van der Waals surface area contributed by atoms with E-state index in [4.69, 9.17) is 4.74 Å². The summed E-state index contributed by atoms with van der Waals surface area (Å²) in [6.07, 6.45) is 2.58. The Morgan fingerprint density at radius 3 is 2.36 bits per heavy atom. The van der Waals surface area contributed by atoms with E-state index in [9.17, 15) is 4.79 Å². The zero-order chi connectivity index (χ0) is 15.8. The third-order valence-corrected chi connectivity index (χ3v) is 3.29. The highest BCUT2D eigenvalue weighted by Gasteiger charge is 2.10. The number of carbonyl (C=O) groups is 1. The molecule has 22 heavy (non-hydrogen) atoms. The molecule has 2 aromatic rings. The maximum absolute atomic E-state index is 12.3. The summed E-state index contributed by atoms with van der Waals surface area (Å²) in [6, 6.07) is 16.5. The summed E-state index contributed by atoms with van der Waals surface area (Å²) in [5, 5.41) is 3.22. The molecule has 1 unspecified atom stereocenters. The van der Waals surface area contributed by atoms with Gasteiger partial charge in [-0.1, -0.05) is 43.3 Å². The number of carbonyl (C=O) groups excluding carboxylic acids is 1. The van der Waals surface area contributed by atoms with Gasteiger partial charge in [-0.05, 0) is 30.7 Å². The van der Waals surface area contributed by atoms with E-state index in [0.717, 1.165) is 12.2 Å². The Morgan fingerprint density at radius 1 is 1.14 bits per heavy atom. The summed E-state index contributed by atoms with van der Waals surface area (Å²) in [4.78, 5) is 12.3. The van der Waals surface area contributed by atoms with Crippen molar-refractivity contribution in [1.82, 2.24) is 5.32 Å². The third kappa shape index (κ3) is 4.30. The molecule has 0 spiro atoms. The van der Waals surface area contributed by atoms with E-state index in [0.29, 0.717) is 17.7 Å². The molecule has 2 aromatic carbocycles. The first kappa shape index (κ1) is 16.0. The predicted octanol–water partition coefficient (Wildman–Crippen LogP) is 3.81. The highest BCUT2D eigenvalue weighted by Crippen LogP contribution is 2.16. The molecule has 3 nitrogen and oxygen atoms in total. The summed E-state index contributed by atoms with van der Waals surface area (Å²) >= 11 is 0. The van der Waals surface area contributed by atoms with E-state index >= 15 is 0 Å². The largest absolute Gasteiger partial charge is 0.475 e. The summed E-state index contributed by atoms with van der Waals surface area (Å²) in [5.41, 5.74) is 1.35. The second kappa shape index (κ2) is 8.15. The van der Waals surface area contributed by atoms with Crippen LogP contribution in [0.3, 0.4) is 0 Å². The number of rotatable bonds is 8. The minimum absolute atomic E-state index is 0.0176. The molecule has 2 rings (SSSR count). The van der Waals surface area contributed by atoms with Crippen LogP contribution in [0.5, 0.6) is 5.75 Å². The van der Waals surface area contributed by atoms with Crippen molar-refractivity contribution in [1.29, 1.82) is 0 Å². The van der Waals surface area contributed by atoms with Crippen LogP contribution in [0.1, 0.15) is 29.3 Å². The standard InChI is InChI=1S/C19H21NO2/c1-3-14-20-18(4-2)22-17-12-10-16(11-13-17)19(21)15-8-6-5-7-9-15/h3,5-13,18,20H,1,4,14H2,2H3. The number of ether oxygens (including phenoxy) is 1. The lowest BCUT2D eigenvalue weighted by Crippen LogP contribution is -2.33. The molecule has 0 amide bonds. The summed E-state index contributed by atoms with van der Waals surface area (Å²) in [7, 11) is 0. The van der Waals surface area contributed by atoms with Gasteiger partial charge in [-0.2, -0.15) is 0 Å². The van der Waals surface area contributed by atoms with E-state index in [1.165, 1.54) is 0 Å². The number of ketones is 1. The molecule has 1 atom stereocenters. The van der Waals surface area contributed by atoms with Gasteiger partial charge in [0.25, 0.3) is 0 Å². The average Bonchev–Trinajstić information content (AvgIpc) is 2.59. The Labute approximate surface area is 131 Å². The van der Waals surface area contributed by atoms with E-state index in [2.05, 4.69) is 11.9 Å². The van der Waals surface area contributed by atoms with Gasteiger partial charge in [0.05, 0.1) is 0 Å². The molecule has 0 radical (unpaired) electrons. The SMILES string of the molecule is C=CCNC(CC)Oc1ccc(C(=O)c2ccccc2)cc1. The third-order valence-electron chi connectivity index (χ3n) is 3.29. The second-order valence-electron chi connectivity index (χ2n) is 4.93. The quantitative estimate of drug-likeness (QED) is 0.457. The first-order chi connectivity index (χ1) is 10.7. The van der Waals surface area contributed by atoms with Crippen LogP contribution < -0.4 is 10.1 Å². The van der Waals surface area contributed by atoms with E-state index < -0.39 is 0 Å². The summed E-state index contributed by atoms with van der Waals surface area (Å²) in [6.45, 7) is 6.43. The van der Waals surface area contributed by atoms with Crippen LogP contribution in [0.4, 0.5) is 0 Å². The molecular formula is C19H21NO2. The zero-order valence-corrected chi connectivity index (χ0v) is 12.8. The first-order valence-corrected chi connectivity index (χ1v) is 7.45. The fraction of sp³-hybridized carbons (Fsp3) is 0.211. The van der Waals surface area contributed by atoms with Crippen LogP contribution in [0.2, 0.25) is 0 Å². The lowest BCUT2D eigenvalue weighted by atomic mass is 10.0. The predicted molar refractivity (Wildman–Crippen MR) is 89.2 cm³/mol. The molecule has 0 fully saturated rings. The van der Waals surface area contributed by atoms with Gasteiger partial charge in [0.15, 0.2) is 5.78 Å². The minimum Gasteiger partial charge on any atom is -0.475 e. The maximum atomic E-state index is 12.3. The van der Waals surface area contributed by atoms with Gasteiger partial charge >= 0.3 is 0 Å². The molecule has 0 bridgehead atoms. The highest BCUT2D eigenvalue weighted by atomic mass is 16.5. The van der Waals surface area contributed by atoms with Gasteiger partial charge in [-0.25, -0.2) is 0 Å². The van der Waals surface area contributed by atoms with Crippen LogP contribution in [0.15, 0.2) is 67.3 Å². The molecule has 0 aliphatic rings. The molecular weight excluding hydrogens is 274 g/mol. The van der Waals surface area contributed by atoms with Gasteiger partial charge in [0.2, 0.25) is 0 Å². The zero-order valence-electron chi connectivity index (χ0n) is 12.8. The molecule has 0 aromatic heterocycles. The molecule has 114 valence electrons. The van der Waals surface area contributed by atoms with Crippen molar-refractivity contribution < 1.29 is 9.53 Å². The lowest BCUT2D eigenvalue weighted by Gasteiger charge is -2.18. The van der Waals surface area contributed by atoms with Crippen LogP contribution in [-0.2, 0) is 0 Å². The molecule has 0 aliphatic carbocycles. The Morgan fingerprint density at radius 2 is 1.77 bits per heavy atom. The second-order valence-corrected chi connectivity index (χ2v) is 4.93. The van der Waals surface area contributed by atoms with Crippen molar-refractivity contribution in [3.63, 3.8) is 0 Å². The molecule has 1 N–H and O–H groups in total. The molecule has 0 heterocycles. The Balaban J connectivity index is 2.04. The minimum atomic E-state index is -0.0614. The van der Waals surface area contributed by atoms with Crippen molar-refractivity contribution in [3.8, 4) is 5.75 Å². The van der Waals surface area contributed by atoms with Crippen molar-refractivity contribution in [3.05, 3.63) is 78.4 Å².